The predicted molar refractivity (Wildman–Crippen MR) is 110 cm³/mol. The SMILES string of the molecule is CC(=O)NNc1nc(C)c(C(=O)NNC(=O)C(=O)Nc2c([NH+]([O-])O)ccc(C)c2C)s1. The van der Waals surface area contributed by atoms with E-state index in [9.17, 15) is 29.6 Å². The average molecular weight is 451 g/mol. The van der Waals surface area contributed by atoms with Crippen LogP contribution in [0.25, 0.3) is 0 Å². The van der Waals surface area contributed by atoms with E-state index in [0.717, 1.165) is 16.9 Å². The van der Waals surface area contributed by atoms with Gasteiger partial charge < -0.3 is 10.5 Å². The van der Waals surface area contributed by atoms with Crippen molar-refractivity contribution in [3.8, 4) is 0 Å². The lowest BCUT2D eigenvalue weighted by molar-refractivity contribution is -0.990. The zero-order valence-corrected chi connectivity index (χ0v) is 17.8. The fourth-order valence-corrected chi connectivity index (χ4v) is 3.17. The molecule has 0 fully saturated rings. The third-order valence-corrected chi connectivity index (χ3v) is 5.12. The maximum Gasteiger partial charge on any atom is 0.328 e. The van der Waals surface area contributed by atoms with Crippen molar-refractivity contribution in [1.82, 2.24) is 21.3 Å². The Morgan fingerprint density at radius 3 is 2.35 bits per heavy atom. The molecular formula is C17H21N7O6S. The van der Waals surface area contributed by atoms with Crippen molar-refractivity contribution in [1.29, 1.82) is 0 Å². The van der Waals surface area contributed by atoms with E-state index < -0.39 is 22.9 Å². The molecule has 0 aliphatic rings. The Kier molecular flexibility index (Phi) is 7.60. The van der Waals surface area contributed by atoms with Gasteiger partial charge >= 0.3 is 11.8 Å². The maximum atomic E-state index is 12.3. The van der Waals surface area contributed by atoms with E-state index in [1.807, 2.05) is 5.43 Å². The summed E-state index contributed by atoms with van der Waals surface area (Å²) in [6.07, 6.45) is 0. The highest BCUT2D eigenvalue weighted by atomic mass is 32.1. The predicted octanol–water partition coefficient (Wildman–Crippen LogP) is -0.666. The van der Waals surface area contributed by atoms with Crippen LogP contribution in [-0.2, 0) is 14.4 Å². The number of hydrogen-bond donors (Lipinski definition) is 7. The lowest BCUT2D eigenvalue weighted by atomic mass is 10.1. The summed E-state index contributed by atoms with van der Waals surface area (Å²) in [5.74, 6) is -3.45. The smallest absolute Gasteiger partial charge is 0.328 e. The second-order valence-electron chi connectivity index (χ2n) is 6.34. The van der Waals surface area contributed by atoms with Gasteiger partial charge in [-0.3, -0.25) is 40.9 Å². The number of carbonyl (C=O) groups is 4. The highest BCUT2D eigenvalue weighted by Crippen LogP contribution is 2.25. The molecule has 0 bridgehead atoms. The van der Waals surface area contributed by atoms with Crippen molar-refractivity contribution in [3.05, 3.63) is 39.0 Å². The number of aromatic nitrogens is 1. The van der Waals surface area contributed by atoms with Crippen LogP contribution in [0.15, 0.2) is 12.1 Å². The zero-order valence-electron chi connectivity index (χ0n) is 17.0. The standard InChI is InChI=1S/C17H21N7O6S/c1-7-5-6-11(24(29)30)12(8(7)2)19-15(27)16(28)22-21-14(26)13-9(3)18-17(31-13)23-20-10(4)25/h5-6,24,29H,1-4H3,(H,18,23)(H,19,27)(H,20,25)(H,21,26)(H,22,28). The van der Waals surface area contributed by atoms with Gasteiger partial charge in [-0.1, -0.05) is 17.4 Å². The highest BCUT2D eigenvalue weighted by molar-refractivity contribution is 7.17. The van der Waals surface area contributed by atoms with Crippen molar-refractivity contribution in [2.24, 2.45) is 0 Å². The number of carbonyl (C=O) groups excluding carboxylic acids is 4. The maximum absolute atomic E-state index is 12.3. The van der Waals surface area contributed by atoms with Crippen LogP contribution in [0.1, 0.15) is 33.4 Å². The molecule has 0 saturated carbocycles. The largest absolute Gasteiger partial charge is 0.595 e. The number of aryl methyl sites for hydroxylation is 2. The number of amides is 4. The summed E-state index contributed by atoms with van der Waals surface area (Å²) < 4.78 is 0. The first-order chi connectivity index (χ1) is 14.5. The first-order valence-electron chi connectivity index (χ1n) is 8.76. The van der Waals surface area contributed by atoms with E-state index in [1.165, 1.54) is 13.0 Å². The molecule has 1 unspecified atom stereocenters. The lowest BCUT2D eigenvalue weighted by Crippen LogP contribution is -2.99. The number of nitrogens with zero attached hydrogens (tertiary/aromatic N) is 1. The van der Waals surface area contributed by atoms with Crippen LogP contribution < -0.4 is 32.2 Å². The molecule has 1 heterocycles. The summed E-state index contributed by atoms with van der Waals surface area (Å²) >= 11 is 0.915. The number of benzene rings is 1. The minimum absolute atomic E-state index is 0.00837. The van der Waals surface area contributed by atoms with Gasteiger partial charge in [-0.25, -0.2) is 10.2 Å². The van der Waals surface area contributed by atoms with Crippen LogP contribution in [0.4, 0.5) is 16.5 Å². The molecule has 166 valence electrons. The quantitative estimate of drug-likeness (QED) is 0.230. The molecule has 0 aliphatic heterocycles. The minimum Gasteiger partial charge on any atom is -0.595 e. The van der Waals surface area contributed by atoms with E-state index in [4.69, 9.17) is 0 Å². The van der Waals surface area contributed by atoms with Crippen molar-refractivity contribution < 1.29 is 29.6 Å². The van der Waals surface area contributed by atoms with Crippen LogP contribution in [0.5, 0.6) is 0 Å². The van der Waals surface area contributed by atoms with Crippen molar-refractivity contribution >= 4 is 51.5 Å². The topological polar surface area (TPSA) is 189 Å². The van der Waals surface area contributed by atoms with Crippen LogP contribution in [0.3, 0.4) is 0 Å². The van der Waals surface area contributed by atoms with Crippen LogP contribution in [-0.4, -0.2) is 33.8 Å². The van der Waals surface area contributed by atoms with E-state index in [2.05, 4.69) is 26.6 Å². The zero-order chi connectivity index (χ0) is 23.3. The molecule has 1 aromatic carbocycles. The number of thiazole rings is 1. The normalized spacial score (nSPS) is 11.3. The Bertz CT molecular complexity index is 1040. The molecule has 2 rings (SSSR count). The first-order valence-corrected chi connectivity index (χ1v) is 9.58. The summed E-state index contributed by atoms with van der Waals surface area (Å²) in [5.41, 5.74) is 10.2. The summed E-state index contributed by atoms with van der Waals surface area (Å²) in [4.78, 5) is 51.6. The second kappa shape index (κ2) is 9.94. The Balaban J connectivity index is 2.02. The fourth-order valence-electron chi connectivity index (χ4n) is 2.35. The number of hydrazine groups is 2. The first kappa shape index (κ1) is 23.7. The van der Waals surface area contributed by atoms with Crippen molar-refractivity contribution in [2.75, 3.05) is 10.7 Å². The molecule has 0 spiro atoms. The third-order valence-electron chi connectivity index (χ3n) is 4.05. The lowest BCUT2D eigenvalue weighted by Gasteiger charge is -2.19. The Hall–Kier alpha value is -3.59. The molecule has 4 amide bonds. The summed E-state index contributed by atoms with van der Waals surface area (Å²) in [7, 11) is 0. The van der Waals surface area contributed by atoms with Gasteiger partial charge in [-0.05, 0) is 31.9 Å². The van der Waals surface area contributed by atoms with Gasteiger partial charge in [0.05, 0.1) is 5.69 Å². The number of anilines is 2. The molecule has 2 aromatic rings. The van der Waals surface area contributed by atoms with Gasteiger partial charge in [0.1, 0.15) is 10.6 Å². The van der Waals surface area contributed by atoms with Gasteiger partial charge in [0.25, 0.3) is 5.91 Å². The van der Waals surface area contributed by atoms with Gasteiger partial charge in [0, 0.05) is 13.0 Å². The molecule has 0 radical (unpaired) electrons. The molecule has 31 heavy (non-hydrogen) atoms. The second-order valence-corrected chi connectivity index (χ2v) is 7.34. The van der Waals surface area contributed by atoms with E-state index in [-0.39, 0.29) is 27.3 Å². The summed E-state index contributed by atoms with van der Waals surface area (Å²) in [5, 5.41) is 21.9. The van der Waals surface area contributed by atoms with Gasteiger partial charge in [0.2, 0.25) is 11.0 Å². The van der Waals surface area contributed by atoms with Crippen molar-refractivity contribution in [3.63, 3.8) is 0 Å². The molecule has 1 atom stereocenters. The minimum atomic E-state index is -1.27. The number of rotatable bonds is 5. The molecule has 1 aromatic heterocycles. The van der Waals surface area contributed by atoms with E-state index in [0.29, 0.717) is 11.3 Å². The van der Waals surface area contributed by atoms with E-state index >= 15 is 0 Å². The third kappa shape index (κ3) is 5.95. The summed E-state index contributed by atoms with van der Waals surface area (Å²) in [6.45, 7) is 6.17. The molecule has 0 aliphatic carbocycles. The van der Waals surface area contributed by atoms with E-state index in [1.54, 1.807) is 26.8 Å². The number of quaternary nitrogens is 1. The van der Waals surface area contributed by atoms with Gasteiger partial charge in [-0.2, -0.15) is 5.23 Å². The molecular weight excluding hydrogens is 430 g/mol. The van der Waals surface area contributed by atoms with Gasteiger partial charge in [-0.15, -0.1) is 0 Å². The molecule has 7 N–H and O–H groups in total. The monoisotopic (exact) mass is 451 g/mol. The fraction of sp³-hybridized carbons (Fsp3) is 0.235. The summed E-state index contributed by atoms with van der Waals surface area (Å²) in [6, 6.07) is 2.90. The Labute approximate surface area is 180 Å². The van der Waals surface area contributed by atoms with Crippen LogP contribution in [0, 0.1) is 26.0 Å². The number of hydrogen-bond acceptors (Lipinski definition) is 9. The Morgan fingerprint density at radius 1 is 1.06 bits per heavy atom. The highest BCUT2D eigenvalue weighted by Gasteiger charge is 2.22. The molecule has 13 nitrogen and oxygen atoms in total. The Morgan fingerprint density at radius 2 is 1.74 bits per heavy atom. The van der Waals surface area contributed by atoms with Crippen LogP contribution in [0.2, 0.25) is 0 Å². The van der Waals surface area contributed by atoms with Crippen molar-refractivity contribution in [2.45, 2.75) is 27.7 Å². The number of nitrogens with one attached hydrogen (secondary N) is 6. The van der Waals surface area contributed by atoms with Gasteiger partial charge in [0.15, 0.2) is 5.69 Å². The van der Waals surface area contributed by atoms with Crippen LogP contribution >= 0.6 is 11.3 Å². The molecule has 0 saturated heterocycles. The molecule has 14 heteroatoms. The average Bonchev–Trinajstić information content (AvgIpc) is 3.08.